The van der Waals surface area contributed by atoms with Gasteiger partial charge in [-0.1, -0.05) is 41.7 Å². The Kier molecular flexibility index (Phi) is 2.49. The summed E-state index contributed by atoms with van der Waals surface area (Å²) in [6, 6.07) is 11.3. The molecule has 2 heterocycles. The van der Waals surface area contributed by atoms with Crippen LogP contribution >= 0.6 is 11.3 Å². The van der Waals surface area contributed by atoms with E-state index in [1.165, 1.54) is 22.1 Å². The Morgan fingerprint density at radius 1 is 1.28 bits per heavy atom. The smallest absolute Gasteiger partial charge is 0.266 e. The molecular weight excluding hydrogens is 248 g/mol. The predicted octanol–water partition coefficient (Wildman–Crippen LogP) is 1.87. The first kappa shape index (κ1) is 10.8. The first-order valence-corrected chi connectivity index (χ1v) is 6.15. The number of thiazole rings is 1. The Balaban J connectivity index is 2.05. The van der Waals surface area contributed by atoms with E-state index >= 15 is 0 Å². The Morgan fingerprint density at radius 3 is 2.72 bits per heavy atom. The van der Waals surface area contributed by atoms with Crippen LogP contribution in [0.15, 0.2) is 47.4 Å². The van der Waals surface area contributed by atoms with E-state index in [9.17, 15) is 4.79 Å². The standard InChI is InChI=1S/C12H10N4OS/c13-10-6-11(17)15-16(10)12-14-7-9(18-12)8-4-2-1-3-5-8/h1-7H,13H2,(H,15,17). The number of anilines is 1. The Hall–Kier alpha value is -2.34. The van der Waals surface area contributed by atoms with Crippen LogP contribution in [-0.4, -0.2) is 14.8 Å². The van der Waals surface area contributed by atoms with E-state index in [-0.39, 0.29) is 5.56 Å². The summed E-state index contributed by atoms with van der Waals surface area (Å²) < 4.78 is 1.49. The van der Waals surface area contributed by atoms with Crippen LogP contribution in [0.1, 0.15) is 0 Å². The van der Waals surface area contributed by atoms with E-state index in [0.717, 1.165) is 10.4 Å². The van der Waals surface area contributed by atoms with Crippen molar-refractivity contribution in [3.63, 3.8) is 0 Å². The van der Waals surface area contributed by atoms with Crippen molar-refractivity contribution in [2.75, 3.05) is 5.73 Å². The topological polar surface area (TPSA) is 76.7 Å². The average Bonchev–Trinajstić information content (AvgIpc) is 2.97. The highest BCUT2D eigenvalue weighted by Crippen LogP contribution is 2.27. The fourth-order valence-electron chi connectivity index (χ4n) is 1.67. The SMILES string of the molecule is Nc1cc(=O)[nH]n1-c1ncc(-c2ccccc2)s1. The highest BCUT2D eigenvalue weighted by Gasteiger charge is 2.09. The van der Waals surface area contributed by atoms with Gasteiger partial charge in [0.1, 0.15) is 5.82 Å². The van der Waals surface area contributed by atoms with Gasteiger partial charge in [0.15, 0.2) is 0 Å². The molecule has 0 unspecified atom stereocenters. The highest BCUT2D eigenvalue weighted by molar-refractivity contribution is 7.17. The fraction of sp³-hybridized carbons (Fsp3) is 0. The van der Waals surface area contributed by atoms with Crippen molar-refractivity contribution in [2.24, 2.45) is 0 Å². The number of rotatable bonds is 2. The molecule has 5 nitrogen and oxygen atoms in total. The zero-order valence-electron chi connectivity index (χ0n) is 9.33. The van der Waals surface area contributed by atoms with Gasteiger partial charge in [0, 0.05) is 12.3 Å². The van der Waals surface area contributed by atoms with Gasteiger partial charge in [0.25, 0.3) is 5.56 Å². The Labute approximate surface area is 107 Å². The molecule has 0 aliphatic rings. The molecule has 0 saturated carbocycles. The van der Waals surface area contributed by atoms with Gasteiger partial charge in [0.05, 0.1) is 4.88 Å². The van der Waals surface area contributed by atoms with Gasteiger partial charge in [-0.2, -0.15) is 0 Å². The van der Waals surface area contributed by atoms with Crippen LogP contribution in [0.2, 0.25) is 0 Å². The molecule has 0 saturated heterocycles. The number of nitrogens with zero attached hydrogens (tertiary/aromatic N) is 2. The van der Waals surface area contributed by atoms with E-state index in [1.54, 1.807) is 6.20 Å². The second-order valence-corrected chi connectivity index (χ2v) is 4.76. The van der Waals surface area contributed by atoms with Gasteiger partial charge in [-0.05, 0) is 5.56 Å². The lowest BCUT2D eigenvalue weighted by Gasteiger charge is -1.98. The zero-order chi connectivity index (χ0) is 12.5. The lowest BCUT2D eigenvalue weighted by atomic mass is 10.2. The van der Waals surface area contributed by atoms with Crippen molar-refractivity contribution in [2.45, 2.75) is 0 Å². The molecule has 0 radical (unpaired) electrons. The quantitative estimate of drug-likeness (QED) is 0.736. The van der Waals surface area contributed by atoms with Crippen LogP contribution in [-0.2, 0) is 0 Å². The number of aromatic amines is 1. The van der Waals surface area contributed by atoms with E-state index < -0.39 is 0 Å². The van der Waals surface area contributed by atoms with Gasteiger partial charge in [-0.3, -0.25) is 9.89 Å². The van der Waals surface area contributed by atoms with E-state index in [2.05, 4.69) is 10.1 Å². The Bertz CT molecular complexity index is 726. The number of benzene rings is 1. The van der Waals surface area contributed by atoms with Crippen molar-refractivity contribution in [1.29, 1.82) is 0 Å². The average molecular weight is 258 g/mol. The first-order chi connectivity index (χ1) is 8.74. The van der Waals surface area contributed by atoms with Crippen molar-refractivity contribution in [3.8, 4) is 15.6 Å². The number of nitrogens with one attached hydrogen (secondary N) is 1. The third-order valence-corrected chi connectivity index (χ3v) is 3.53. The van der Waals surface area contributed by atoms with Crippen LogP contribution < -0.4 is 11.3 Å². The molecule has 3 aromatic rings. The summed E-state index contributed by atoms with van der Waals surface area (Å²) in [6.45, 7) is 0. The van der Waals surface area contributed by atoms with Gasteiger partial charge in [-0.15, -0.1) is 0 Å². The second kappa shape index (κ2) is 4.15. The molecule has 0 aliphatic carbocycles. The molecule has 0 spiro atoms. The summed E-state index contributed by atoms with van der Waals surface area (Å²) in [5, 5.41) is 3.26. The molecule has 3 rings (SSSR count). The van der Waals surface area contributed by atoms with Crippen LogP contribution in [0, 0.1) is 0 Å². The monoisotopic (exact) mass is 258 g/mol. The van der Waals surface area contributed by atoms with Crippen LogP contribution in [0.5, 0.6) is 0 Å². The molecule has 0 fully saturated rings. The maximum Gasteiger partial charge on any atom is 0.266 e. The van der Waals surface area contributed by atoms with Gasteiger partial charge in [-0.25, -0.2) is 9.67 Å². The maximum absolute atomic E-state index is 11.2. The molecule has 2 aromatic heterocycles. The largest absolute Gasteiger partial charge is 0.383 e. The van der Waals surface area contributed by atoms with Crippen LogP contribution in [0.4, 0.5) is 5.82 Å². The fourth-order valence-corrected chi connectivity index (χ4v) is 2.57. The normalized spacial score (nSPS) is 10.7. The lowest BCUT2D eigenvalue weighted by Crippen LogP contribution is -2.04. The summed E-state index contributed by atoms with van der Waals surface area (Å²) in [5.41, 5.74) is 6.58. The van der Waals surface area contributed by atoms with Crippen LogP contribution in [0.25, 0.3) is 15.6 Å². The molecule has 0 atom stereocenters. The van der Waals surface area contributed by atoms with E-state index in [1.807, 2.05) is 30.3 Å². The summed E-state index contributed by atoms with van der Waals surface area (Å²) in [5.74, 6) is 0.356. The molecule has 90 valence electrons. The number of nitrogen functional groups attached to an aromatic ring is 1. The maximum atomic E-state index is 11.2. The minimum atomic E-state index is -0.232. The zero-order valence-corrected chi connectivity index (χ0v) is 10.1. The minimum absolute atomic E-state index is 0.232. The third-order valence-electron chi connectivity index (χ3n) is 2.50. The van der Waals surface area contributed by atoms with Crippen molar-refractivity contribution in [3.05, 3.63) is 52.9 Å². The first-order valence-electron chi connectivity index (χ1n) is 5.33. The summed E-state index contributed by atoms with van der Waals surface area (Å²) >= 11 is 1.47. The molecular formula is C12H10N4OS. The van der Waals surface area contributed by atoms with Gasteiger partial charge in [0.2, 0.25) is 5.13 Å². The van der Waals surface area contributed by atoms with Gasteiger partial charge >= 0.3 is 0 Å². The van der Waals surface area contributed by atoms with E-state index in [4.69, 9.17) is 5.73 Å². The summed E-state index contributed by atoms with van der Waals surface area (Å²) in [6.07, 6.45) is 1.77. The lowest BCUT2D eigenvalue weighted by molar-refractivity contribution is 0.864. The molecule has 3 N–H and O–H groups in total. The highest BCUT2D eigenvalue weighted by atomic mass is 32.1. The predicted molar refractivity (Wildman–Crippen MR) is 71.9 cm³/mol. The number of hydrogen-bond acceptors (Lipinski definition) is 4. The second-order valence-electron chi connectivity index (χ2n) is 3.75. The molecule has 6 heteroatoms. The molecule has 0 bridgehead atoms. The molecule has 0 aliphatic heterocycles. The number of aromatic nitrogens is 3. The van der Waals surface area contributed by atoms with E-state index in [0.29, 0.717) is 10.9 Å². The Morgan fingerprint density at radius 2 is 2.06 bits per heavy atom. The summed E-state index contributed by atoms with van der Waals surface area (Å²) in [7, 11) is 0. The third kappa shape index (κ3) is 1.82. The minimum Gasteiger partial charge on any atom is -0.383 e. The van der Waals surface area contributed by atoms with Gasteiger partial charge < -0.3 is 5.73 Å². The molecule has 18 heavy (non-hydrogen) atoms. The molecule has 1 aromatic carbocycles. The summed E-state index contributed by atoms with van der Waals surface area (Å²) in [4.78, 5) is 16.5. The molecule has 0 amide bonds. The van der Waals surface area contributed by atoms with Crippen LogP contribution in [0.3, 0.4) is 0 Å². The number of hydrogen-bond donors (Lipinski definition) is 2. The van der Waals surface area contributed by atoms with Crippen molar-refractivity contribution < 1.29 is 0 Å². The number of H-pyrrole nitrogens is 1. The van der Waals surface area contributed by atoms with Crippen molar-refractivity contribution in [1.82, 2.24) is 14.8 Å². The van der Waals surface area contributed by atoms with Crippen molar-refractivity contribution >= 4 is 17.2 Å². The number of nitrogens with two attached hydrogens (primary N) is 1.